The highest BCUT2D eigenvalue weighted by molar-refractivity contribution is 14.1. The van der Waals surface area contributed by atoms with E-state index in [9.17, 15) is 9.50 Å². The van der Waals surface area contributed by atoms with Gasteiger partial charge in [-0.2, -0.15) is 0 Å². The first kappa shape index (κ1) is 12.5. The molecule has 2 aromatic rings. The molecule has 0 radical (unpaired) electrons. The van der Waals surface area contributed by atoms with E-state index in [1.54, 1.807) is 12.1 Å². The summed E-state index contributed by atoms with van der Waals surface area (Å²) < 4.78 is 13.9. The molecular formula is C14H12FIO. The van der Waals surface area contributed by atoms with Crippen LogP contribution in [0, 0.1) is 9.39 Å². The van der Waals surface area contributed by atoms with E-state index in [1.807, 2.05) is 24.3 Å². The van der Waals surface area contributed by atoms with E-state index in [1.165, 1.54) is 12.1 Å². The predicted octanol–water partition coefficient (Wildman–Crippen LogP) is 3.71. The monoisotopic (exact) mass is 342 g/mol. The highest BCUT2D eigenvalue weighted by atomic mass is 127. The van der Waals surface area contributed by atoms with Crippen molar-refractivity contribution in [1.82, 2.24) is 0 Å². The van der Waals surface area contributed by atoms with E-state index >= 15 is 0 Å². The van der Waals surface area contributed by atoms with Crippen LogP contribution in [0.3, 0.4) is 0 Å². The quantitative estimate of drug-likeness (QED) is 0.844. The molecule has 1 atom stereocenters. The first-order valence-corrected chi connectivity index (χ1v) is 6.41. The molecule has 2 aromatic carbocycles. The molecule has 0 bridgehead atoms. The van der Waals surface area contributed by atoms with Gasteiger partial charge in [-0.1, -0.05) is 24.3 Å². The Hall–Kier alpha value is -0.940. The van der Waals surface area contributed by atoms with Crippen LogP contribution in [0.25, 0.3) is 0 Å². The van der Waals surface area contributed by atoms with Crippen LogP contribution >= 0.6 is 22.6 Å². The van der Waals surface area contributed by atoms with E-state index in [0.717, 1.165) is 14.7 Å². The molecule has 88 valence electrons. The molecule has 0 spiro atoms. The summed E-state index contributed by atoms with van der Waals surface area (Å²) in [6.07, 6.45) is -0.0432. The molecule has 0 amide bonds. The molecule has 0 aliphatic heterocycles. The number of hydrogen-bond acceptors (Lipinski definition) is 1. The lowest BCUT2D eigenvalue weighted by Crippen LogP contribution is -2.01. The van der Waals surface area contributed by atoms with Crippen molar-refractivity contribution in [2.24, 2.45) is 0 Å². The normalized spacial score (nSPS) is 12.4. The Labute approximate surface area is 113 Å². The van der Waals surface area contributed by atoms with Crippen molar-refractivity contribution in [3.8, 4) is 0 Å². The van der Waals surface area contributed by atoms with E-state index in [4.69, 9.17) is 0 Å². The Morgan fingerprint density at radius 3 is 2.18 bits per heavy atom. The zero-order valence-corrected chi connectivity index (χ0v) is 11.3. The molecule has 0 aliphatic carbocycles. The van der Waals surface area contributed by atoms with Gasteiger partial charge in [-0.3, -0.25) is 0 Å². The average Bonchev–Trinajstić information content (AvgIpc) is 2.33. The van der Waals surface area contributed by atoms with Gasteiger partial charge in [-0.05, 0) is 58.0 Å². The van der Waals surface area contributed by atoms with Gasteiger partial charge < -0.3 is 5.11 Å². The molecule has 3 heteroatoms. The predicted molar refractivity (Wildman–Crippen MR) is 74.2 cm³/mol. The maximum Gasteiger partial charge on any atom is 0.123 e. The van der Waals surface area contributed by atoms with Crippen molar-refractivity contribution in [3.63, 3.8) is 0 Å². The van der Waals surface area contributed by atoms with Crippen molar-refractivity contribution in [2.45, 2.75) is 12.5 Å². The van der Waals surface area contributed by atoms with Gasteiger partial charge in [0, 0.05) is 9.99 Å². The number of halogens is 2. The summed E-state index contributed by atoms with van der Waals surface area (Å²) in [4.78, 5) is 0. The Morgan fingerprint density at radius 2 is 1.59 bits per heavy atom. The lowest BCUT2D eigenvalue weighted by Gasteiger charge is -2.11. The number of aliphatic hydroxyl groups is 1. The van der Waals surface area contributed by atoms with E-state index in [2.05, 4.69) is 22.6 Å². The maximum absolute atomic E-state index is 12.7. The molecular weight excluding hydrogens is 330 g/mol. The van der Waals surface area contributed by atoms with Crippen molar-refractivity contribution in [3.05, 3.63) is 69.0 Å². The largest absolute Gasteiger partial charge is 0.388 e. The molecule has 0 aromatic heterocycles. The minimum absolute atomic E-state index is 0.252. The summed E-state index contributed by atoms with van der Waals surface area (Å²) in [5.41, 5.74) is 1.81. The fourth-order valence-corrected chi connectivity index (χ4v) is 2.01. The van der Waals surface area contributed by atoms with Crippen LogP contribution in [0.4, 0.5) is 4.39 Å². The number of hydrogen-bond donors (Lipinski definition) is 1. The molecule has 0 fully saturated rings. The van der Waals surface area contributed by atoms with E-state index < -0.39 is 6.10 Å². The smallest absolute Gasteiger partial charge is 0.123 e. The van der Waals surface area contributed by atoms with Crippen LogP contribution in [0.5, 0.6) is 0 Å². The fraction of sp³-hybridized carbons (Fsp3) is 0.143. The third-order valence-electron chi connectivity index (χ3n) is 2.60. The van der Waals surface area contributed by atoms with Crippen LogP contribution < -0.4 is 0 Å². The second kappa shape index (κ2) is 5.60. The van der Waals surface area contributed by atoms with Crippen LogP contribution in [0.2, 0.25) is 0 Å². The van der Waals surface area contributed by atoms with Crippen LogP contribution in [-0.4, -0.2) is 5.11 Å². The SMILES string of the molecule is OC(Cc1ccc(F)cc1)c1ccc(I)cc1. The Kier molecular flexibility index (Phi) is 4.12. The van der Waals surface area contributed by atoms with Gasteiger partial charge in [0.1, 0.15) is 5.82 Å². The first-order chi connectivity index (χ1) is 8.15. The average molecular weight is 342 g/mol. The second-order valence-corrected chi connectivity index (χ2v) is 5.14. The minimum atomic E-state index is -0.544. The Morgan fingerprint density at radius 1 is 1.00 bits per heavy atom. The summed E-state index contributed by atoms with van der Waals surface area (Å²) in [6.45, 7) is 0. The number of rotatable bonds is 3. The molecule has 0 aliphatic rings. The molecule has 2 rings (SSSR count). The standard InChI is InChI=1S/C14H12FIO/c15-12-5-1-10(2-6-12)9-14(17)11-3-7-13(16)8-4-11/h1-8,14,17H,9H2. The summed E-state index contributed by atoms with van der Waals surface area (Å²) in [6, 6.07) is 14.0. The van der Waals surface area contributed by atoms with Crippen molar-refractivity contribution >= 4 is 22.6 Å². The third kappa shape index (κ3) is 3.51. The summed E-state index contributed by atoms with van der Waals surface area (Å²) in [5.74, 6) is -0.252. The second-order valence-electron chi connectivity index (χ2n) is 3.90. The molecule has 0 heterocycles. The molecule has 0 saturated heterocycles. The van der Waals surface area contributed by atoms with Crippen LogP contribution in [-0.2, 0) is 6.42 Å². The first-order valence-electron chi connectivity index (χ1n) is 5.33. The van der Waals surface area contributed by atoms with Gasteiger partial charge in [0.15, 0.2) is 0 Å². The van der Waals surface area contributed by atoms with Crippen molar-refractivity contribution in [1.29, 1.82) is 0 Å². The zero-order chi connectivity index (χ0) is 12.3. The van der Waals surface area contributed by atoms with Crippen LogP contribution in [0.15, 0.2) is 48.5 Å². The van der Waals surface area contributed by atoms with Gasteiger partial charge in [-0.15, -0.1) is 0 Å². The third-order valence-corrected chi connectivity index (χ3v) is 3.32. The maximum atomic E-state index is 12.7. The highest BCUT2D eigenvalue weighted by Gasteiger charge is 2.08. The Balaban J connectivity index is 2.08. The summed E-state index contributed by atoms with van der Waals surface area (Å²) >= 11 is 2.22. The van der Waals surface area contributed by atoms with Gasteiger partial charge in [-0.25, -0.2) is 4.39 Å². The van der Waals surface area contributed by atoms with Gasteiger partial charge in [0.2, 0.25) is 0 Å². The topological polar surface area (TPSA) is 20.2 Å². The van der Waals surface area contributed by atoms with E-state index in [0.29, 0.717) is 6.42 Å². The van der Waals surface area contributed by atoms with Gasteiger partial charge >= 0.3 is 0 Å². The molecule has 1 nitrogen and oxygen atoms in total. The van der Waals surface area contributed by atoms with Gasteiger partial charge in [0.25, 0.3) is 0 Å². The van der Waals surface area contributed by atoms with Crippen molar-refractivity contribution in [2.75, 3.05) is 0 Å². The van der Waals surface area contributed by atoms with Gasteiger partial charge in [0.05, 0.1) is 6.10 Å². The number of benzene rings is 2. The van der Waals surface area contributed by atoms with Crippen LogP contribution in [0.1, 0.15) is 17.2 Å². The highest BCUT2D eigenvalue weighted by Crippen LogP contribution is 2.19. The fourth-order valence-electron chi connectivity index (χ4n) is 1.65. The minimum Gasteiger partial charge on any atom is -0.388 e. The lowest BCUT2D eigenvalue weighted by atomic mass is 10.0. The van der Waals surface area contributed by atoms with Crippen molar-refractivity contribution < 1.29 is 9.50 Å². The number of aliphatic hydroxyl groups excluding tert-OH is 1. The lowest BCUT2D eigenvalue weighted by molar-refractivity contribution is 0.178. The molecule has 17 heavy (non-hydrogen) atoms. The molecule has 0 saturated carbocycles. The Bertz CT molecular complexity index is 479. The molecule has 1 unspecified atom stereocenters. The molecule has 1 N–H and O–H groups in total. The summed E-state index contributed by atoms with van der Waals surface area (Å²) in [7, 11) is 0. The zero-order valence-electron chi connectivity index (χ0n) is 9.11. The van der Waals surface area contributed by atoms with E-state index in [-0.39, 0.29) is 5.82 Å². The summed E-state index contributed by atoms with van der Waals surface area (Å²) in [5, 5.41) is 10.0.